The second kappa shape index (κ2) is 6.71. The predicted octanol–water partition coefficient (Wildman–Crippen LogP) is 4.73. The Morgan fingerprint density at radius 1 is 0.826 bits per heavy atom. The molecule has 0 saturated heterocycles. The molecule has 0 atom stereocenters. The lowest BCUT2D eigenvalue weighted by Crippen LogP contribution is -1.87. The number of nitrogens with zero attached hydrogens (tertiary/aromatic N) is 2. The average molecular weight is 302 g/mol. The molecule has 1 heterocycles. The quantitative estimate of drug-likeness (QED) is 0.640. The predicted molar refractivity (Wildman–Crippen MR) is 87.4 cm³/mol. The van der Waals surface area contributed by atoms with Crippen LogP contribution in [0.5, 0.6) is 0 Å². The van der Waals surface area contributed by atoms with Crippen molar-refractivity contribution in [1.29, 1.82) is 5.26 Å². The molecular weight excluding hydrogens is 288 g/mol. The van der Waals surface area contributed by atoms with E-state index in [-0.39, 0.29) is 0 Å². The molecule has 112 valence electrons. The zero-order chi connectivity index (χ0) is 16.1. The summed E-state index contributed by atoms with van der Waals surface area (Å²) in [5.41, 5.74) is 3.25. The topological polar surface area (TPSA) is 66.4 Å². The van der Waals surface area contributed by atoms with Gasteiger partial charge in [-0.1, -0.05) is 24.3 Å². The third kappa shape index (κ3) is 3.72. The van der Waals surface area contributed by atoms with Gasteiger partial charge in [-0.25, -0.2) is 0 Å². The van der Waals surface area contributed by atoms with Crippen molar-refractivity contribution in [3.05, 3.63) is 93.8 Å². The minimum atomic E-state index is 0.426. The highest BCUT2D eigenvalue weighted by molar-refractivity contribution is 5.39. The first-order valence-corrected chi connectivity index (χ1v) is 7.26. The number of hydrogen-bond acceptors (Lipinski definition) is 4. The Hall–Kier alpha value is -3.19. The third-order valence-corrected chi connectivity index (χ3v) is 3.60. The Kier molecular flexibility index (Phi) is 4.30. The van der Waals surface area contributed by atoms with Crippen LogP contribution in [0, 0.1) is 16.2 Å². The first-order chi connectivity index (χ1) is 11.3. The van der Waals surface area contributed by atoms with Gasteiger partial charge < -0.3 is 4.42 Å². The number of furan rings is 1. The van der Waals surface area contributed by atoms with Gasteiger partial charge in [0.15, 0.2) is 0 Å². The average Bonchev–Trinajstić information content (AvgIpc) is 3.03. The molecule has 0 saturated carbocycles. The molecule has 0 aliphatic heterocycles. The molecule has 0 fully saturated rings. The molecule has 23 heavy (non-hydrogen) atoms. The van der Waals surface area contributed by atoms with Crippen molar-refractivity contribution < 1.29 is 4.42 Å². The second-order valence-corrected chi connectivity index (χ2v) is 5.29. The molecule has 0 aliphatic rings. The van der Waals surface area contributed by atoms with Gasteiger partial charge in [-0.3, -0.25) is 0 Å². The Balaban J connectivity index is 1.67. The van der Waals surface area contributed by atoms with Crippen molar-refractivity contribution in [1.82, 2.24) is 0 Å². The van der Waals surface area contributed by atoms with Crippen LogP contribution in [0.15, 0.2) is 70.3 Å². The Morgan fingerprint density at radius 3 is 1.83 bits per heavy atom. The minimum absolute atomic E-state index is 0.426. The maximum absolute atomic E-state index is 10.4. The summed E-state index contributed by atoms with van der Waals surface area (Å²) in [4.78, 5) is 10.4. The smallest absolute Gasteiger partial charge is 0.108 e. The van der Waals surface area contributed by atoms with Crippen LogP contribution in [0.2, 0.25) is 0 Å². The van der Waals surface area contributed by atoms with Crippen LogP contribution in [0.25, 0.3) is 0 Å². The van der Waals surface area contributed by atoms with Gasteiger partial charge in [-0.05, 0) is 52.7 Å². The van der Waals surface area contributed by atoms with E-state index < -0.39 is 0 Å². The summed E-state index contributed by atoms with van der Waals surface area (Å²) in [5, 5.41) is 11.7. The summed E-state index contributed by atoms with van der Waals surface area (Å²) in [7, 11) is 0. The van der Waals surface area contributed by atoms with Crippen LogP contribution in [0.1, 0.15) is 28.2 Å². The van der Waals surface area contributed by atoms with Gasteiger partial charge in [0, 0.05) is 12.8 Å². The molecule has 1 aromatic heterocycles. The Bertz CT molecular complexity index is 840. The summed E-state index contributed by atoms with van der Waals surface area (Å²) in [6, 6.07) is 20.7. The van der Waals surface area contributed by atoms with Crippen molar-refractivity contribution in [2.75, 3.05) is 0 Å². The lowest BCUT2D eigenvalue weighted by atomic mass is 10.1. The van der Waals surface area contributed by atoms with E-state index in [4.69, 9.17) is 9.68 Å². The largest absolute Gasteiger partial charge is 0.465 e. The van der Waals surface area contributed by atoms with Crippen molar-refractivity contribution in [2.45, 2.75) is 12.8 Å². The van der Waals surface area contributed by atoms with Crippen LogP contribution in [-0.4, -0.2) is 0 Å². The van der Waals surface area contributed by atoms with Crippen LogP contribution < -0.4 is 0 Å². The van der Waals surface area contributed by atoms with Crippen LogP contribution in [0.4, 0.5) is 5.69 Å². The van der Waals surface area contributed by atoms with Gasteiger partial charge in [-0.2, -0.15) is 5.26 Å². The molecule has 0 amide bonds. The molecule has 0 bridgehead atoms. The van der Waals surface area contributed by atoms with E-state index in [2.05, 4.69) is 11.2 Å². The lowest BCUT2D eigenvalue weighted by molar-refractivity contribution is 0.482. The van der Waals surface area contributed by atoms with E-state index in [1.807, 2.05) is 48.5 Å². The third-order valence-electron chi connectivity index (χ3n) is 3.60. The molecule has 0 spiro atoms. The first-order valence-electron chi connectivity index (χ1n) is 7.26. The molecule has 3 rings (SSSR count). The monoisotopic (exact) mass is 302 g/mol. The molecule has 2 aromatic carbocycles. The highest BCUT2D eigenvalue weighted by Crippen LogP contribution is 2.19. The first kappa shape index (κ1) is 14.7. The fraction of sp³-hybridized carbons (Fsp3) is 0.105. The van der Waals surface area contributed by atoms with Crippen molar-refractivity contribution in [3.8, 4) is 6.07 Å². The highest BCUT2D eigenvalue weighted by atomic mass is 16.3. The van der Waals surface area contributed by atoms with Gasteiger partial charge in [0.05, 0.1) is 11.6 Å². The van der Waals surface area contributed by atoms with Gasteiger partial charge in [0.25, 0.3) is 0 Å². The van der Waals surface area contributed by atoms with Crippen molar-refractivity contribution in [3.63, 3.8) is 0 Å². The summed E-state index contributed by atoms with van der Waals surface area (Å²) in [6.45, 7) is 0. The molecule has 0 radical (unpaired) electrons. The normalized spacial score (nSPS) is 10.2. The van der Waals surface area contributed by atoms with E-state index in [1.54, 1.807) is 12.1 Å². The maximum Gasteiger partial charge on any atom is 0.108 e. The fourth-order valence-electron chi connectivity index (χ4n) is 2.39. The van der Waals surface area contributed by atoms with E-state index in [1.165, 1.54) is 0 Å². The summed E-state index contributed by atoms with van der Waals surface area (Å²) < 4.78 is 5.85. The SMILES string of the molecule is N#Cc1ccc(Cc2ccc(Cc3ccc(N=O)cc3)o2)cc1. The standard InChI is InChI=1S/C19H14N2O2/c20-13-16-3-1-14(2-4-16)11-18-9-10-19(23-18)12-15-5-7-17(21-22)8-6-15/h1-10H,11-12H2. The second-order valence-electron chi connectivity index (χ2n) is 5.29. The zero-order valence-corrected chi connectivity index (χ0v) is 12.4. The summed E-state index contributed by atoms with van der Waals surface area (Å²) in [6.07, 6.45) is 1.37. The minimum Gasteiger partial charge on any atom is -0.465 e. The van der Waals surface area contributed by atoms with Crippen LogP contribution in [0.3, 0.4) is 0 Å². The van der Waals surface area contributed by atoms with Crippen molar-refractivity contribution >= 4 is 5.69 Å². The molecule has 4 heteroatoms. The van der Waals surface area contributed by atoms with E-state index >= 15 is 0 Å². The number of rotatable bonds is 5. The molecule has 0 unspecified atom stereocenters. The Labute approximate surface area is 134 Å². The fourth-order valence-corrected chi connectivity index (χ4v) is 2.39. The number of benzene rings is 2. The maximum atomic E-state index is 10.4. The van der Waals surface area contributed by atoms with Crippen LogP contribution in [-0.2, 0) is 12.8 Å². The summed E-state index contributed by atoms with van der Waals surface area (Å²) in [5.74, 6) is 1.76. The summed E-state index contributed by atoms with van der Waals surface area (Å²) >= 11 is 0. The van der Waals surface area contributed by atoms with E-state index in [0.717, 1.165) is 22.6 Å². The van der Waals surface area contributed by atoms with Gasteiger partial charge in [0.1, 0.15) is 17.2 Å². The highest BCUT2D eigenvalue weighted by Gasteiger charge is 2.05. The zero-order valence-electron chi connectivity index (χ0n) is 12.4. The number of nitriles is 1. The lowest BCUT2D eigenvalue weighted by Gasteiger charge is -2.00. The molecule has 4 nitrogen and oxygen atoms in total. The van der Waals surface area contributed by atoms with E-state index in [9.17, 15) is 4.91 Å². The molecule has 3 aromatic rings. The Morgan fingerprint density at radius 2 is 1.35 bits per heavy atom. The van der Waals surface area contributed by atoms with E-state index in [0.29, 0.717) is 24.1 Å². The van der Waals surface area contributed by atoms with Crippen molar-refractivity contribution in [2.24, 2.45) is 5.18 Å². The van der Waals surface area contributed by atoms with Gasteiger partial charge >= 0.3 is 0 Å². The van der Waals surface area contributed by atoms with Gasteiger partial charge in [0.2, 0.25) is 0 Å². The van der Waals surface area contributed by atoms with Crippen LogP contribution >= 0.6 is 0 Å². The van der Waals surface area contributed by atoms with Gasteiger partial charge in [-0.15, -0.1) is 4.91 Å². The number of hydrogen-bond donors (Lipinski definition) is 0. The molecular formula is C19H14N2O2. The molecule has 0 aliphatic carbocycles. The number of nitroso groups, excluding NO2 is 1. The molecule has 0 N–H and O–H groups in total.